The number of halogens is 4. The first kappa shape index (κ1) is 16.1. The summed E-state index contributed by atoms with van der Waals surface area (Å²) < 4.78 is 58.3. The zero-order chi connectivity index (χ0) is 14.8. The topological polar surface area (TPSA) is 89.0 Å². The molecule has 0 amide bonds. The lowest BCUT2D eigenvalue weighted by atomic mass is 10.6. The van der Waals surface area contributed by atoms with E-state index in [0.29, 0.717) is 10.8 Å². The summed E-state index contributed by atoms with van der Waals surface area (Å²) in [5, 5.41) is 0. The Balaban J connectivity index is 3.04. The van der Waals surface area contributed by atoms with Gasteiger partial charge in [-0.15, -0.1) is 0 Å². The third-order valence-electron chi connectivity index (χ3n) is 1.84. The Labute approximate surface area is 113 Å². The van der Waals surface area contributed by atoms with E-state index in [4.69, 9.17) is 10.7 Å². The van der Waals surface area contributed by atoms with E-state index in [0.717, 1.165) is 0 Å². The maximum atomic E-state index is 11.9. The van der Waals surface area contributed by atoms with Gasteiger partial charge in [-0.25, -0.2) is 13.2 Å². The second-order valence-electron chi connectivity index (χ2n) is 3.18. The second-order valence-corrected chi connectivity index (χ2v) is 6.87. The highest BCUT2D eigenvalue weighted by atomic mass is 35.7. The molecular weight excluding hydrogens is 333 g/mol. The van der Waals surface area contributed by atoms with Crippen LogP contribution < -0.4 is 11.2 Å². The molecular formula is C7H6ClF3N2O4S2. The average molecular weight is 339 g/mol. The lowest BCUT2D eigenvalue weighted by Crippen LogP contribution is -2.32. The Morgan fingerprint density at radius 1 is 1.37 bits per heavy atom. The van der Waals surface area contributed by atoms with Crippen molar-refractivity contribution < 1.29 is 21.6 Å². The van der Waals surface area contributed by atoms with Gasteiger partial charge >= 0.3 is 11.2 Å². The highest BCUT2D eigenvalue weighted by Gasteiger charge is 2.27. The first-order valence-electron chi connectivity index (χ1n) is 4.50. The van der Waals surface area contributed by atoms with Crippen molar-refractivity contribution in [3.63, 3.8) is 0 Å². The summed E-state index contributed by atoms with van der Waals surface area (Å²) in [4.78, 5) is 23.2. The first-order valence-corrected chi connectivity index (χ1v) is 7.79. The van der Waals surface area contributed by atoms with E-state index in [-0.39, 0.29) is 11.8 Å². The van der Waals surface area contributed by atoms with E-state index < -0.39 is 43.0 Å². The number of thioether (sulfide) groups is 1. The van der Waals surface area contributed by atoms with Crippen molar-refractivity contribution in [2.75, 3.05) is 5.75 Å². The number of alkyl halides is 3. The fourth-order valence-corrected chi connectivity index (χ4v) is 2.46. The van der Waals surface area contributed by atoms with Crippen LogP contribution in [0.5, 0.6) is 0 Å². The molecule has 0 aliphatic rings. The quantitative estimate of drug-likeness (QED) is 0.817. The van der Waals surface area contributed by atoms with Gasteiger partial charge in [0.2, 0.25) is 0 Å². The van der Waals surface area contributed by atoms with Gasteiger partial charge in [-0.3, -0.25) is 14.3 Å². The van der Waals surface area contributed by atoms with Crippen molar-refractivity contribution in [2.45, 2.75) is 16.9 Å². The summed E-state index contributed by atoms with van der Waals surface area (Å²) in [5.74, 6) is -0.517. The van der Waals surface area contributed by atoms with E-state index in [1.165, 1.54) is 0 Å². The average Bonchev–Trinajstić information content (AvgIpc) is 2.17. The Bertz CT molecular complexity index is 679. The van der Waals surface area contributed by atoms with Gasteiger partial charge in [0.15, 0.2) is 4.90 Å². The SMILES string of the molecule is O=c1[nH]c(=O)n(CCSC(F)(F)F)cc1S(=O)(=O)Cl. The molecule has 108 valence electrons. The molecule has 0 bridgehead atoms. The highest BCUT2D eigenvalue weighted by molar-refractivity contribution is 8.13. The monoisotopic (exact) mass is 338 g/mol. The van der Waals surface area contributed by atoms with Gasteiger partial charge in [-0.1, -0.05) is 0 Å². The second kappa shape index (κ2) is 5.59. The summed E-state index contributed by atoms with van der Waals surface area (Å²) in [5.41, 5.74) is -6.70. The molecule has 12 heteroatoms. The Hall–Kier alpha value is -0.940. The molecule has 0 aliphatic heterocycles. The van der Waals surface area contributed by atoms with E-state index in [1.807, 2.05) is 0 Å². The molecule has 0 spiro atoms. The molecule has 0 atom stereocenters. The third-order valence-corrected chi connectivity index (χ3v) is 3.87. The predicted octanol–water partition coefficient (Wildman–Crippen LogP) is 0.717. The Morgan fingerprint density at radius 2 is 1.95 bits per heavy atom. The predicted molar refractivity (Wildman–Crippen MR) is 62.9 cm³/mol. The number of nitrogens with one attached hydrogen (secondary N) is 1. The van der Waals surface area contributed by atoms with E-state index in [9.17, 15) is 31.2 Å². The molecule has 6 nitrogen and oxygen atoms in total. The van der Waals surface area contributed by atoms with Gasteiger partial charge in [-0.2, -0.15) is 13.2 Å². The van der Waals surface area contributed by atoms with Gasteiger partial charge in [0.05, 0.1) is 0 Å². The Morgan fingerprint density at radius 3 is 2.42 bits per heavy atom. The molecule has 0 saturated heterocycles. The van der Waals surface area contributed by atoms with Crippen LogP contribution in [0.4, 0.5) is 13.2 Å². The summed E-state index contributed by atoms with van der Waals surface area (Å²) >= 11 is -0.380. The number of rotatable bonds is 4. The first-order chi connectivity index (χ1) is 8.50. The standard InChI is InChI=1S/C7H6ClF3N2O4S2/c8-19(16,17)4-3-13(6(15)12-5(4)14)1-2-18-7(9,10)11/h3H,1-2H2,(H,12,14,15). The van der Waals surface area contributed by atoms with Gasteiger partial charge in [0, 0.05) is 29.2 Å². The number of aromatic nitrogens is 2. The smallest absolute Gasteiger partial charge is 0.298 e. The van der Waals surface area contributed by atoms with Crippen LogP contribution in [0, 0.1) is 0 Å². The summed E-state index contributed by atoms with van der Waals surface area (Å²) in [6.45, 7) is -0.431. The van der Waals surface area contributed by atoms with Crippen molar-refractivity contribution >= 4 is 31.5 Å². The Kier molecular flexibility index (Phi) is 4.74. The largest absolute Gasteiger partial charge is 0.441 e. The number of nitrogens with zero attached hydrogens (tertiary/aromatic N) is 1. The molecule has 1 aromatic rings. The minimum Gasteiger partial charge on any atom is -0.298 e. The van der Waals surface area contributed by atoms with E-state index >= 15 is 0 Å². The zero-order valence-electron chi connectivity index (χ0n) is 8.90. The molecule has 1 rings (SSSR count). The molecule has 0 aromatic carbocycles. The number of hydrogen-bond donors (Lipinski definition) is 1. The van der Waals surface area contributed by atoms with Crippen LogP contribution in [0.1, 0.15) is 0 Å². The zero-order valence-corrected chi connectivity index (χ0v) is 11.3. The van der Waals surface area contributed by atoms with Crippen LogP contribution in [-0.2, 0) is 15.6 Å². The van der Waals surface area contributed by atoms with Gasteiger partial charge in [0.1, 0.15) is 0 Å². The molecule has 0 radical (unpaired) electrons. The summed E-state index contributed by atoms with van der Waals surface area (Å²) in [6, 6.07) is 0. The summed E-state index contributed by atoms with van der Waals surface area (Å²) in [6.07, 6.45) is 0.612. The lowest BCUT2D eigenvalue weighted by Gasteiger charge is -2.07. The van der Waals surface area contributed by atoms with Gasteiger partial charge < -0.3 is 0 Å². The minimum atomic E-state index is -4.47. The number of aryl methyl sites for hydroxylation is 1. The van der Waals surface area contributed by atoms with Crippen molar-refractivity contribution in [1.29, 1.82) is 0 Å². The normalized spacial score (nSPS) is 12.6. The van der Waals surface area contributed by atoms with Crippen LogP contribution in [0.25, 0.3) is 0 Å². The molecule has 0 fully saturated rings. The van der Waals surface area contributed by atoms with Crippen molar-refractivity contribution in [2.24, 2.45) is 0 Å². The van der Waals surface area contributed by atoms with E-state index in [2.05, 4.69) is 0 Å². The third kappa shape index (κ3) is 4.91. The minimum absolute atomic E-state index is 0.380. The maximum Gasteiger partial charge on any atom is 0.441 e. The molecule has 0 saturated carbocycles. The van der Waals surface area contributed by atoms with Crippen molar-refractivity contribution in [1.82, 2.24) is 9.55 Å². The van der Waals surface area contributed by atoms with Crippen LogP contribution >= 0.6 is 22.4 Å². The van der Waals surface area contributed by atoms with Crippen LogP contribution in [0.15, 0.2) is 20.7 Å². The van der Waals surface area contributed by atoms with Gasteiger partial charge in [0.25, 0.3) is 14.6 Å². The van der Waals surface area contributed by atoms with Crippen LogP contribution in [0.2, 0.25) is 0 Å². The lowest BCUT2D eigenvalue weighted by molar-refractivity contribution is -0.0328. The van der Waals surface area contributed by atoms with Crippen LogP contribution in [0.3, 0.4) is 0 Å². The van der Waals surface area contributed by atoms with E-state index in [1.54, 1.807) is 4.98 Å². The van der Waals surface area contributed by atoms with Crippen molar-refractivity contribution in [3.8, 4) is 0 Å². The maximum absolute atomic E-state index is 11.9. The molecule has 1 aromatic heterocycles. The summed E-state index contributed by atoms with van der Waals surface area (Å²) in [7, 11) is 0.560. The molecule has 0 aliphatic carbocycles. The number of hydrogen-bond acceptors (Lipinski definition) is 5. The molecule has 1 N–H and O–H groups in total. The fraction of sp³-hybridized carbons (Fsp3) is 0.429. The molecule has 19 heavy (non-hydrogen) atoms. The number of aromatic amines is 1. The van der Waals surface area contributed by atoms with Crippen molar-refractivity contribution in [3.05, 3.63) is 27.0 Å². The number of H-pyrrole nitrogens is 1. The van der Waals surface area contributed by atoms with Crippen LogP contribution in [-0.4, -0.2) is 29.2 Å². The molecule has 1 heterocycles. The van der Waals surface area contributed by atoms with Gasteiger partial charge in [-0.05, 0) is 11.8 Å². The molecule has 0 unspecified atom stereocenters. The highest BCUT2D eigenvalue weighted by Crippen LogP contribution is 2.29. The fourth-order valence-electron chi connectivity index (χ4n) is 1.09.